The highest BCUT2D eigenvalue weighted by Gasteiger charge is 2.29. The molecule has 1 N–H and O–H groups in total. The Morgan fingerprint density at radius 3 is 2.75 bits per heavy atom. The molecule has 0 aromatic heterocycles. The van der Waals surface area contributed by atoms with Crippen molar-refractivity contribution in [3.63, 3.8) is 0 Å². The third-order valence-corrected chi connectivity index (χ3v) is 4.93. The molecule has 1 atom stereocenters. The van der Waals surface area contributed by atoms with Crippen LogP contribution in [0, 0.1) is 5.82 Å². The van der Waals surface area contributed by atoms with Crippen LogP contribution in [0.4, 0.5) is 4.39 Å². The largest absolute Gasteiger partial charge is 0.486 e. The number of halogens is 1. The summed E-state index contributed by atoms with van der Waals surface area (Å²) in [6.45, 7) is 4.63. The molecule has 1 aromatic carbocycles. The summed E-state index contributed by atoms with van der Waals surface area (Å²) in [5, 5.41) is 3.21. The smallest absolute Gasteiger partial charge is 0.165 e. The predicted octanol–water partition coefficient (Wildman–Crippen LogP) is 1.89. The van der Waals surface area contributed by atoms with E-state index in [2.05, 4.69) is 5.32 Å². The summed E-state index contributed by atoms with van der Waals surface area (Å²) in [7, 11) is -3.01. The van der Waals surface area contributed by atoms with E-state index in [1.165, 1.54) is 6.07 Å². The van der Waals surface area contributed by atoms with Crippen LogP contribution in [0.25, 0.3) is 0 Å². The van der Waals surface area contributed by atoms with E-state index in [-0.39, 0.29) is 17.3 Å². The minimum Gasteiger partial charge on any atom is -0.486 e. The Hall–Kier alpha value is -1.14. The van der Waals surface area contributed by atoms with Gasteiger partial charge in [0.15, 0.2) is 21.4 Å². The van der Waals surface area contributed by atoms with Gasteiger partial charge in [-0.1, -0.05) is 19.9 Å². The SMILES string of the molecule is CC(C)NCc1ccc(OC2CCS(=O)(=O)C2)c(F)c1. The van der Waals surface area contributed by atoms with Gasteiger partial charge in [0, 0.05) is 12.6 Å². The predicted molar refractivity (Wildman–Crippen MR) is 76.1 cm³/mol. The van der Waals surface area contributed by atoms with E-state index >= 15 is 0 Å². The standard InChI is InChI=1S/C14H20FNO3S/c1-10(2)16-8-11-3-4-14(13(15)7-11)19-12-5-6-20(17,18)9-12/h3-4,7,10,12,16H,5-6,8-9H2,1-2H3. The average molecular weight is 301 g/mol. The number of hydrogen-bond donors (Lipinski definition) is 1. The lowest BCUT2D eigenvalue weighted by Crippen LogP contribution is -2.22. The Morgan fingerprint density at radius 2 is 2.20 bits per heavy atom. The van der Waals surface area contributed by atoms with Crippen molar-refractivity contribution in [1.29, 1.82) is 0 Å². The zero-order chi connectivity index (χ0) is 14.8. The zero-order valence-corrected chi connectivity index (χ0v) is 12.5. The van der Waals surface area contributed by atoms with Crippen LogP contribution in [0.5, 0.6) is 5.75 Å². The Balaban J connectivity index is 1.99. The van der Waals surface area contributed by atoms with E-state index in [1.807, 2.05) is 13.8 Å². The Labute approximate surface area is 119 Å². The van der Waals surface area contributed by atoms with Crippen LogP contribution < -0.4 is 10.1 Å². The first-order valence-corrected chi connectivity index (χ1v) is 8.57. The number of nitrogens with one attached hydrogen (secondary N) is 1. The molecule has 4 nitrogen and oxygen atoms in total. The normalized spacial score (nSPS) is 21.3. The summed E-state index contributed by atoms with van der Waals surface area (Å²) in [6, 6.07) is 5.11. The number of sulfone groups is 1. The Kier molecular flexibility index (Phi) is 4.65. The van der Waals surface area contributed by atoms with Gasteiger partial charge in [-0.05, 0) is 24.1 Å². The van der Waals surface area contributed by atoms with Gasteiger partial charge in [-0.15, -0.1) is 0 Å². The Morgan fingerprint density at radius 1 is 1.45 bits per heavy atom. The summed E-state index contributed by atoms with van der Waals surface area (Å²) in [5.74, 6) is -0.226. The van der Waals surface area contributed by atoms with Gasteiger partial charge in [0.25, 0.3) is 0 Å². The minimum atomic E-state index is -3.01. The van der Waals surface area contributed by atoms with Crippen LogP contribution in [0.1, 0.15) is 25.8 Å². The van der Waals surface area contributed by atoms with Crippen LogP contribution in [0.15, 0.2) is 18.2 Å². The number of benzene rings is 1. The lowest BCUT2D eigenvalue weighted by molar-refractivity contribution is 0.218. The molecule has 1 saturated heterocycles. The number of hydrogen-bond acceptors (Lipinski definition) is 4. The fourth-order valence-electron chi connectivity index (χ4n) is 2.11. The molecule has 1 heterocycles. The monoisotopic (exact) mass is 301 g/mol. The minimum absolute atomic E-state index is 0.0247. The molecule has 1 fully saturated rings. The lowest BCUT2D eigenvalue weighted by atomic mass is 10.2. The van der Waals surface area contributed by atoms with Crippen LogP contribution in [-0.2, 0) is 16.4 Å². The summed E-state index contributed by atoms with van der Waals surface area (Å²) in [6.07, 6.45) is -0.00698. The second-order valence-corrected chi connectivity index (χ2v) is 7.67. The van der Waals surface area contributed by atoms with E-state index in [4.69, 9.17) is 4.74 Å². The molecule has 0 amide bonds. The molecular formula is C14H20FNO3S. The van der Waals surface area contributed by atoms with Crippen molar-refractivity contribution in [2.45, 2.75) is 39.0 Å². The van der Waals surface area contributed by atoms with E-state index in [1.54, 1.807) is 12.1 Å². The van der Waals surface area contributed by atoms with Crippen LogP contribution in [0.3, 0.4) is 0 Å². The molecule has 1 unspecified atom stereocenters. The van der Waals surface area contributed by atoms with Gasteiger partial charge in [0.05, 0.1) is 11.5 Å². The van der Waals surface area contributed by atoms with Gasteiger partial charge >= 0.3 is 0 Å². The maximum absolute atomic E-state index is 13.9. The molecule has 0 spiro atoms. The van der Waals surface area contributed by atoms with Crippen molar-refractivity contribution in [2.75, 3.05) is 11.5 Å². The fraction of sp³-hybridized carbons (Fsp3) is 0.571. The van der Waals surface area contributed by atoms with Gasteiger partial charge in [0.1, 0.15) is 6.10 Å². The molecule has 20 heavy (non-hydrogen) atoms. The summed E-state index contributed by atoms with van der Waals surface area (Å²) in [5.41, 5.74) is 0.836. The van der Waals surface area contributed by atoms with Crippen molar-refractivity contribution in [2.24, 2.45) is 0 Å². The maximum atomic E-state index is 13.9. The highest BCUT2D eigenvalue weighted by molar-refractivity contribution is 7.91. The Bertz CT molecular complexity index is 572. The van der Waals surface area contributed by atoms with Crippen molar-refractivity contribution in [1.82, 2.24) is 5.32 Å². The van der Waals surface area contributed by atoms with E-state index < -0.39 is 21.8 Å². The molecular weight excluding hydrogens is 281 g/mol. The first kappa shape index (κ1) is 15.3. The first-order valence-electron chi connectivity index (χ1n) is 6.74. The molecule has 6 heteroatoms. The molecule has 0 radical (unpaired) electrons. The second-order valence-electron chi connectivity index (χ2n) is 5.44. The molecule has 0 saturated carbocycles. The van der Waals surface area contributed by atoms with Gasteiger partial charge in [-0.3, -0.25) is 0 Å². The van der Waals surface area contributed by atoms with Gasteiger partial charge in [-0.2, -0.15) is 0 Å². The van der Waals surface area contributed by atoms with Crippen molar-refractivity contribution < 1.29 is 17.5 Å². The molecule has 1 aliphatic heterocycles. The highest BCUT2D eigenvalue weighted by atomic mass is 32.2. The highest BCUT2D eigenvalue weighted by Crippen LogP contribution is 2.23. The molecule has 2 rings (SSSR count). The second kappa shape index (κ2) is 6.10. The molecule has 112 valence electrons. The fourth-order valence-corrected chi connectivity index (χ4v) is 3.70. The molecule has 0 aliphatic carbocycles. The van der Waals surface area contributed by atoms with Gasteiger partial charge in [0.2, 0.25) is 0 Å². The summed E-state index contributed by atoms with van der Waals surface area (Å²) >= 11 is 0. The van der Waals surface area contributed by atoms with Crippen LogP contribution in [0.2, 0.25) is 0 Å². The molecule has 1 aromatic rings. The zero-order valence-electron chi connectivity index (χ0n) is 11.7. The van der Waals surface area contributed by atoms with E-state index in [0.717, 1.165) is 5.56 Å². The molecule has 1 aliphatic rings. The quantitative estimate of drug-likeness (QED) is 0.902. The van der Waals surface area contributed by atoms with Gasteiger partial charge in [-0.25, -0.2) is 12.8 Å². The van der Waals surface area contributed by atoms with Gasteiger partial charge < -0.3 is 10.1 Å². The topological polar surface area (TPSA) is 55.4 Å². The first-order chi connectivity index (χ1) is 9.35. The van der Waals surface area contributed by atoms with Crippen LogP contribution >= 0.6 is 0 Å². The average Bonchev–Trinajstić information content (AvgIpc) is 2.69. The van der Waals surface area contributed by atoms with E-state index in [9.17, 15) is 12.8 Å². The van der Waals surface area contributed by atoms with Crippen molar-refractivity contribution in [3.8, 4) is 5.75 Å². The number of ether oxygens (including phenoxy) is 1. The van der Waals surface area contributed by atoms with Crippen molar-refractivity contribution >= 4 is 9.84 Å². The van der Waals surface area contributed by atoms with Crippen LogP contribution in [-0.4, -0.2) is 32.1 Å². The third kappa shape index (κ3) is 4.18. The summed E-state index contributed by atoms with van der Waals surface area (Å²) in [4.78, 5) is 0. The van der Waals surface area contributed by atoms with Crippen molar-refractivity contribution in [3.05, 3.63) is 29.6 Å². The van der Waals surface area contributed by atoms with E-state index in [0.29, 0.717) is 19.0 Å². The maximum Gasteiger partial charge on any atom is 0.165 e. The lowest BCUT2D eigenvalue weighted by Gasteiger charge is -2.14. The third-order valence-electron chi connectivity index (χ3n) is 3.20. The number of rotatable bonds is 5. The molecule has 0 bridgehead atoms. The summed E-state index contributed by atoms with van der Waals surface area (Å²) < 4.78 is 42.0.